The molecule has 0 spiro atoms. The Kier molecular flexibility index (Phi) is 10.2. The molecule has 0 saturated heterocycles. The van der Waals surface area contributed by atoms with Gasteiger partial charge < -0.3 is 10.7 Å². The monoisotopic (exact) mass is 448 g/mol. The molecule has 0 aliphatic carbocycles. The molecule has 0 bridgehead atoms. The SMILES string of the molecule is CCCCCCCc1ccc(/C=C(\C)Cn2cc(CCCCCc3cnc(N)[nH]3)nn2)cc1. The van der Waals surface area contributed by atoms with E-state index < -0.39 is 0 Å². The Morgan fingerprint density at radius 3 is 2.45 bits per heavy atom. The molecule has 6 nitrogen and oxygen atoms in total. The average molecular weight is 449 g/mol. The third-order valence-electron chi connectivity index (χ3n) is 5.99. The second-order valence-corrected chi connectivity index (χ2v) is 9.16. The van der Waals surface area contributed by atoms with Gasteiger partial charge in [-0.1, -0.05) is 80.2 Å². The fraction of sp³-hybridized carbons (Fsp3) is 0.519. The molecule has 3 aromatic rings. The number of allylic oxidation sites excluding steroid dienone is 1. The van der Waals surface area contributed by atoms with E-state index in [1.165, 1.54) is 55.2 Å². The predicted molar refractivity (Wildman–Crippen MR) is 137 cm³/mol. The minimum absolute atomic E-state index is 0.496. The Hall–Kier alpha value is -2.89. The standard InChI is InChI=1S/C27H40N6/c1-3-4-5-6-8-11-23-14-16-24(17-15-23)18-22(2)20-33-21-26(31-32-33)13-10-7-9-12-25-19-29-27(28)30-25/h14-19,21H,3-13,20H2,1-2H3,(H3,28,29,30)/b22-18+. The number of nitrogen functional groups attached to an aromatic ring is 1. The van der Waals surface area contributed by atoms with Gasteiger partial charge in [-0.25, -0.2) is 9.67 Å². The zero-order valence-corrected chi connectivity index (χ0v) is 20.4. The van der Waals surface area contributed by atoms with Crippen LogP contribution in [-0.4, -0.2) is 25.0 Å². The maximum atomic E-state index is 5.61. The van der Waals surface area contributed by atoms with Crippen molar-refractivity contribution in [2.75, 3.05) is 5.73 Å². The van der Waals surface area contributed by atoms with Crippen LogP contribution in [-0.2, 0) is 25.8 Å². The van der Waals surface area contributed by atoms with Gasteiger partial charge in [-0.15, -0.1) is 5.10 Å². The predicted octanol–water partition coefficient (Wildman–Crippen LogP) is 6.16. The van der Waals surface area contributed by atoms with E-state index in [2.05, 4.69) is 70.7 Å². The molecule has 0 atom stereocenters. The van der Waals surface area contributed by atoms with Crippen molar-refractivity contribution in [2.45, 2.75) is 91.0 Å². The molecule has 3 rings (SSSR count). The van der Waals surface area contributed by atoms with Gasteiger partial charge >= 0.3 is 0 Å². The van der Waals surface area contributed by atoms with Crippen molar-refractivity contribution in [3.05, 3.63) is 64.7 Å². The molecule has 0 amide bonds. The van der Waals surface area contributed by atoms with E-state index in [1.807, 2.05) is 10.9 Å². The number of nitrogens with two attached hydrogens (primary N) is 1. The smallest absolute Gasteiger partial charge is 0.197 e. The lowest BCUT2D eigenvalue weighted by atomic mass is 10.0. The number of imidazole rings is 1. The van der Waals surface area contributed by atoms with E-state index in [4.69, 9.17) is 5.73 Å². The first-order valence-electron chi connectivity index (χ1n) is 12.6. The normalized spacial score (nSPS) is 11.9. The number of nitrogens with zero attached hydrogens (tertiary/aromatic N) is 4. The van der Waals surface area contributed by atoms with E-state index in [0.717, 1.165) is 50.0 Å². The minimum Gasteiger partial charge on any atom is -0.369 e. The second-order valence-electron chi connectivity index (χ2n) is 9.16. The molecular formula is C27H40N6. The van der Waals surface area contributed by atoms with Crippen molar-refractivity contribution in [3.8, 4) is 0 Å². The number of hydrogen-bond acceptors (Lipinski definition) is 4. The number of hydrogen-bond donors (Lipinski definition) is 2. The Labute approximate surface area is 198 Å². The summed E-state index contributed by atoms with van der Waals surface area (Å²) in [7, 11) is 0. The lowest BCUT2D eigenvalue weighted by Crippen LogP contribution is -1.99. The largest absolute Gasteiger partial charge is 0.369 e. The molecule has 0 fully saturated rings. The first kappa shape index (κ1) is 24.7. The highest BCUT2D eigenvalue weighted by atomic mass is 15.4. The zero-order valence-electron chi connectivity index (χ0n) is 20.4. The number of rotatable bonds is 15. The van der Waals surface area contributed by atoms with Gasteiger partial charge in [0.25, 0.3) is 0 Å². The number of unbranched alkanes of at least 4 members (excludes halogenated alkanes) is 6. The molecule has 0 aliphatic heterocycles. The molecule has 0 saturated carbocycles. The van der Waals surface area contributed by atoms with Crippen LogP contribution in [0.3, 0.4) is 0 Å². The van der Waals surface area contributed by atoms with Gasteiger partial charge in [-0.3, -0.25) is 0 Å². The second kappa shape index (κ2) is 13.6. The van der Waals surface area contributed by atoms with Crippen LogP contribution in [0.2, 0.25) is 0 Å². The van der Waals surface area contributed by atoms with Gasteiger partial charge in [0.2, 0.25) is 0 Å². The third-order valence-corrected chi connectivity index (χ3v) is 5.99. The van der Waals surface area contributed by atoms with Crippen LogP contribution in [0.5, 0.6) is 0 Å². The molecule has 0 radical (unpaired) electrons. The summed E-state index contributed by atoms with van der Waals surface area (Å²) < 4.78 is 1.94. The third kappa shape index (κ3) is 9.24. The molecule has 0 unspecified atom stereocenters. The van der Waals surface area contributed by atoms with Gasteiger partial charge in [0.15, 0.2) is 5.95 Å². The lowest BCUT2D eigenvalue weighted by Gasteiger charge is -2.04. The Morgan fingerprint density at radius 1 is 0.970 bits per heavy atom. The molecule has 33 heavy (non-hydrogen) atoms. The maximum absolute atomic E-state index is 5.61. The topological polar surface area (TPSA) is 85.4 Å². The summed E-state index contributed by atoms with van der Waals surface area (Å²) in [5.74, 6) is 0.496. The highest BCUT2D eigenvalue weighted by Crippen LogP contribution is 2.14. The van der Waals surface area contributed by atoms with Gasteiger partial charge in [0, 0.05) is 11.9 Å². The van der Waals surface area contributed by atoms with Crippen LogP contribution in [0.25, 0.3) is 6.08 Å². The van der Waals surface area contributed by atoms with Crippen molar-refractivity contribution in [3.63, 3.8) is 0 Å². The quantitative estimate of drug-likeness (QED) is 0.273. The maximum Gasteiger partial charge on any atom is 0.197 e. The van der Waals surface area contributed by atoms with Crippen LogP contribution >= 0.6 is 0 Å². The number of nitrogens with one attached hydrogen (secondary N) is 1. The number of aromatic nitrogens is 5. The Bertz CT molecular complexity index is 967. The number of H-pyrrole nitrogens is 1. The van der Waals surface area contributed by atoms with Crippen molar-refractivity contribution in [2.24, 2.45) is 0 Å². The van der Waals surface area contributed by atoms with E-state index in [9.17, 15) is 0 Å². The number of aromatic amines is 1. The van der Waals surface area contributed by atoms with Gasteiger partial charge in [0.1, 0.15) is 0 Å². The number of aryl methyl sites for hydroxylation is 3. The van der Waals surface area contributed by atoms with Gasteiger partial charge in [-0.2, -0.15) is 0 Å². The first-order chi connectivity index (χ1) is 16.1. The zero-order chi connectivity index (χ0) is 23.3. The van der Waals surface area contributed by atoms with Crippen LogP contribution in [0.15, 0.2) is 42.2 Å². The van der Waals surface area contributed by atoms with Crippen molar-refractivity contribution in [1.29, 1.82) is 0 Å². The molecule has 2 aromatic heterocycles. The molecule has 178 valence electrons. The minimum atomic E-state index is 0.496. The summed E-state index contributed by atoms with van der Waals surface area (Å²) in [5.41, 5.74) is 11.8. The summed E-state index contributed by atoms with van der Waals surface area (Å²) in [6.45, 7) is 5.19. The Morgan fingerprint density at radius 2 is 1.70 bits per heavy atom. The van der Waals surface area contributed by atoms with E-state index >= 15 is 0 Å². The molecular weight excluding hydrogens is 408 g/mol. The van der Waals surface area contributed by atoms with E-state index in [1.54, 1.807) is 0 Å². The van der Waals surface area contributed by atoms with Crippen LogP contribution < -0.4 is 5.73 Å². The summed E-state index contributed by atoms with van der Waals surface area (Å²) in [6, 6.07) is 9.01. The van der Waals surface area contributed by atoms with Crippen molar-refractivity contribution in [1.82, 2.24) is 25.0 Å². The Balaban J connectivity index is 1.36. The summed E-state index contributed by atoms with van der Waals surface area (Å²) in [4.78, 5) is 7.11. The van der Waals surface area contributed by atoms with Crippen molar-refractivity contribution >= 4 is 12.0 Å². The highest BCUT2D eigenvalue weighted by Gasteiger charge is 2.03. The van der Waals surface area contributed by atoms with Gasteiger partial charge in [-0.05, 0) is 56.6 Å². The van der Waals surface area contributed by atoms with Crippen LogP contribution in [0.1, 0.15) is 87.7 Å². The lowest BCUT2D eigenvalue weighted by molar-refractivity contribution is 0.632. The van der Waals surface area contributed by atoms with Crippen LogP contribution in [0, 0.1) is 0 Å². The molecule has 6 heteroatoms. The number of anilines is 1. The van der Waals surface area contributed by atoms with Crippen molar-refractivity contribution < 1.29 is 0 Å². The summed E-state index contributed by atoms with van der Waals surface area (Å²) >= 11 is 0. The average Bonchev–Trinajstić information content (AvgIpc) is 3.43. The van der Waals surface area contributed by atoms with E-state index in [-0.39, 0.29) is 0 Å². The van der Waals surface area contributed by atoms with Crippen LogP contribution in [0.4, 0.5) is 5.95 Å². The van der Waals surface area contributed by atoms with Gasteiger partial charge in [0.05, 0.1) is 18.4 Å². The van der Waals surface area contributed by atoms with E-state index in [0.29, 0.717) is 5.95 Å². The molecule has 3 N–H and O–H groups in total. The molecule has 2 heterocycles. The summed E-state index contributed by atoms with van der Waals surface area (Å²) in [6.07, 6.45) is 19.3. The highest BCUT2D eigenvalue weighted by molar-refractivity contribution is 5.52. The fourth-order valence-corrected chi connectivity index (χ4v) is 4.13. The molecule has 1 aromatic carbocycles. The first-order valence-corrected chi connectivity index (χ1v) is 12.6. The molecule has 0 aliphatic rings. The fourth-order valence-electron chi connectivity index (χ4n) is 4.13. The number of benzene rings is 1. The summed E-state index contributed by atoms with van der Waals surface area (Å²) in [5, 5.41) is 8.66.